The van der Waals surface area contributed by atoms with Crippen molar-refractivity contribution in [1.82, 2.24) is 10.2 Å². The summed E-state index contributed by atoms with van der Waals surface area (Å²) in [7, 11) is 6.56. The molecule has 28 heavy (non-hydrogen) atoms. The highest BCUT2D eigenvalue weighted by atomic mass is 32.1. The van der Waals surface area contributed by atoms with Gasteiger partial charge >= 0.3 is 0 Å². The molecule has 2 aromatic carbocycles. The van der Waals surface area contributed by atoms with Gasteiger partial charge in [-0.05, 0) is 29.9 Å². The van der Waals surface area contributed by atoms with E-state index in [0.717, 1.165) is 16.8 Å². The highest BCUT2D eigenvalue weighted by molar-refractivity contribution is 7.80. The summed E-state index contributed by atoms with van der Waals surface area (Å²) in [5.41, 5.74) is 3.80. The molecular formula is C21H20N2O4S. The van der Waals surface area contributed by atoms with Crippen molar-refractivity contribution < 1.29 is 19.0 Å². The quantitative estimate of drug-likeness (QED) is 0.797. The Kier molecular flexibility index (Phi) is 4.47. The summed E-state index contributed by atoms with van der Waals surface area (Å²) in [5, 5.41) is 3.77. The molecule has 0 unspecified atom stereocenters. The summed E-state index contributed by atoms with van der Waals surface area (Å²) in [6, 6.07) is 10.9. The number of methoxy groups -OCH3 is 3. The Balaban J connectivity index is 1.93. The highest BCUT2D eigenvalue weighted by Crippen LogP contribution is 2.47. The molecule has 2 aromatic rings. The van der Waals surface area contributed by atoms with Gasteiger partial charge in [0, 0.05) is 18.2 Å². The van der Waals surface area contributed by atoms with Gasteiger partial charge in [0.2, 0.25) is 5.75 Å². The maximum atomic E-state index is 13.2. The molecule has 0 amide bonds. The number of benzene rings is 2. The third-order valence-electron chi connectivity index (χ3n) is 5.17. The smallest absolute Gasteiger partial charge is 0.203 e. The van der Waals surface area contributed by atoms with Crippen LogP contribution in [0.1, 0.15) is 27.5 Å². The van der Waals surface area contributed by atoms with Gasteiger partial charge in [-0.15, -0.1) is 0 Å². The predicted octanol–water partition coefficient (Wildman–Crippen LogP) is 3.18. The average molecular weight is 396 g/mol. The normalized spacial score (nSPS) is 17.9. The molecule has 4 rings (SSSR count). The van der Waals surface area contributed by atoms with Crippen LogP contribution in [0.15, 0.2) is 42.0 Å². The standard InChI is InChI=1S/C21H20N2O4S/c1-23-18(11-9-14(25-2)20(27-4)15(10-11)26-3)16-17(22-21(23)28)12-7-5-6-8-13(12)19(16)24/h5-10,18H,1-4H3,(H,22,28)/t18-/m0/s1. The van der Waals surface area contributed by atoms with Crippen LogP contribution < -0.4 is 19.5 Å². The fraction of sp³-hybridized carbons (Fsp3) is 0.238. The SMILES string of the molecule is COc1cc([C@H]2C3=C(NC(=S)N2C)c2ccccc2C3=O)cc(OC)c1OC. The minimum atomic E-state index is -0.377. The molecule has 0 saturated carbocycles. The van der Waals surface area contributed by atoms with E-state index < -0.39 is 0 Å². The fourth-order valence-electron chi connectivity index (χ4n) is 3.85. The number of nitrogens with zero attached hydrogens (tertiary/aromatic N) is 1. The molecule has 2 aliphatic rings. The topological polar surface area (TPSA) is 60.0 Å². The Morgan fingerprint density at radius 3 is 2.18 bits per heavy atom. The lowest BCUT2D eigenvalue weighted by Gasteiger charge is -2.36. The van der Waals surface area contributed by atoms with Crippen LogP contribution >= 0.6 is 12.2 Å². The zero-order valence-electron chi connectivity index (χ0n) is 16.0. The van der Waals surface area contributed by atoms with Crippen LogP contribution in [-0.4, -0.2) is 44.2 Å². The molecule has 144 valence electrons. The number of rotatable bonds is 4. The minimum Gasteiger partial charge on any atom is -0.493 e. The van der Waals surface area contributed by atoms with Crippen molar-refractivity contribution in [3.8, 4) is 17.2 Å². The van der Waals surface area contributed by atoms with Gasteiger partial charge in [-0.25, -0.2) is 0 Å². The van der Waals surface area contributed by atoms with Crippen LogP contribution in [0.25, 0.3) is 5.70 Å². The van der Waals surface area contributed by atoms with E-state index in [-0.39, 0.29) is 11.8 Å². The number of ketones is 1. The second kappa shape index (κ2) is 6.83. The van der Waals surface area contributed by atoms with Crippen molar-refractivity contribution in [2.24, 2.45) is 0 Å². The first-order valence-electron chi connectivity index (χ1n) is 8.73. The Labute approximate surface area is 168 Å². The monoisotopic (exact) mass is 396 g/mol. The zero-order chi connectivity index (χ0) is 20.0. The molecule has 1 aliphatic carbocycles. The van der Waals surface area contributed by atoms with E-state index >= 15 is 0 Å². The summed E-state index contributed by atoms with van der Waals surface area (Å²) < 4.78 is 16.4. The van der Waals surface area contributed by atoms with Crippen molar-refractivity contribution in [3.05, 3.63) is 58.7 Å². The van der Waals surface area contributed by atoms with Gasteiger partial charge < -0.3 is 24.4 Å². The molecule has 0 saturated heterocycles. The Morgan fingerprint density at radius 2 is 1.61 bits per heavy atom. The van der Waals surface area contributed by atoms with Crippen LogP contribution in [0.5, 0.6) is 17.2 Å². The zero-order valence-corrected chi connectivity index (χ0v) is 16.8. The molecule has 0 spiro atoms. The maximum Gasteiger partial charge on any atom is 0.203 e. The van der Waals surface area contributed by atoms with Gasteiger partial charge in [0.15, 0.2) is 22.4 Å². The van der Waals surface area contributed by atoms with E-state index in [1.165, 1.54) is 0 Å². The number of likely N-dealkylation sites (N-methyl/N-ethyl adjacent to an activating group) is 1. The van der Waals surface area contributed by atoms with Gasteiger partial charge in [0.25, 0.3) is 0 Å². The molecule has 1 heterocycles. The molecule has 0 aromatic heterocycles. The average Bonchev–Trinajstić information content (AvgIpc) is 2.99. The van der Waals surface area contributed by atoms with E-state index in [1.54, 1.807) is 21.3 Å². The molecule has 1 atom stereocenters. The van der Waals surface area contributed by atoms with Crippen molar-refractivity contribution in [3.63, 3.8) is 0 Å². The lowest BCUT2D eigenvalue weighted by atomic mass is 9.92. The summed E-state index contributed by atoms with van der Waals surface area (Å²) in [6.45, 7) is 0. The number of thiocarbonyl (C=S) groups is 1. The van der Waals surface area contributed by atoms with Crippen molar-refractivity contribution in [2.45, 2.75) is 6.04 Å². The third-order valence-corrected chi connectivity index (χ3v) is 5.56. The van der Waals surface area contributed by atoms with Crippen molar-refractivity contribution >= 4 is 28.8 Å². The van der Waals surface area contributed by atoms with Crippen LogP contribution in [-0.2, 0) is 0 Å². The Bertz CT molecular complexity index is 1010. The van der Waals surface area contributed by atoms with Gasteiger partial charge in [0.1, 0.15) is 0 Å². The van der Waals surface area contributed by atoms with E-state index in [0.29, 0.717) is 33.5 Å². The molecule has 6 nitrogen and oxygen atoms in total. The largest absolute Gasteiger partial charge is 0.493 e. The molecule has 0 fully saturated rings. The van der Waals surface area contributed by atoms with E-state index in [1.807, 2.05) is 48.3 Å². The minimum absolute atomic E-state index is 0.00815. The molecule has 0 bridgehead atoms. The van der Waals surface area contributed by atoms with Crippen LogP contribution in [0.3, 0.4) is 0 Å². The summed E-state index contributed by atoms with van der Waals surface area (Å²) in [6.07, 6.45) is 0. The lowest BCUT2D eigenvalue weighted by molar-refractivity contribution is 0.102. The number of carbonyl (C=O) groups is 1. The first-order chi connectivity index (χ1) is 13.5. The molecule has 0 radical (unpaired) electrons. The number of nitrogens with one attached hydrogen (secondary N) is 1. The molecule has 1 N–H and O–H groups in total. The number of ether oxygens (including phenoxy) is 3. The summed E-state index contributed by atoms with van der Waals surface area (Å²) in [5.74, 6) is 1.55. The molecular weight excluding hydrogens is 376 g/mol. The van der Waals surface area contributed by atoms with E-state index in [9.17, 15) is 4.79 Å². The third kappa shape index (κ3) is 2.54. The van der Waals surface area contributed by atoms with Crippen molar-refractivity contribution in [1.29, 1.82) is 0 Å². The van der Waals surface area contributed by atoms with Crippen LogP contribution in [0.4, 0.5) is 0 Å². The summed E-state index contributed by atoms with van der Waals surface area (Å²) >= 11 is 5.55. The Morgan fingerprint density at radius 1 is 1.00 bits per heavy atom. The van der Waals surface area contributed by atoms with Gasteiger partial charge in [-0.3, -0.25) is 4.79 Å². The van der Waals surface area contributed by atoms with E-state index in [2.05, 4.69) is 5.32 Å². The van der Waals surface area contributed by atoms with E-state index in [4.69, 9.17) is 26.4 Å². The van der Waals surface area contributed by atoms with Crippen LogP contribution in [0, 0.1) is 0 Å². The first-order valence-corrected chi connectivity index (χ1v) is 9.14. The molecule has 1 aliphatic heterocycles. The summed E-state index contributed by atoms with van der Waals surface area (Å²) in [4.78, 5) is 15.1. The number of carbonyl (C=O) groups excluding carboxylic acids is 1. The predicted molar refractivity (Wildman–Crippen MR) is 110 cm³/mol. The van der Waals surface area contributed by atoms with Gasteiger partial charge in [0.05, 0.1) is 38.6 Å². The van der Waals surface area contributed by atoms with Crippen molar-refractivity contribution in [2.75, 3.05) is 28.4 Å². The first kappa shape index (κ1) is 18.3. The fourth-order valence-corrected chi connectivity index (χ4v) is 4.06. The second-order valence-corrected chi connectivity index (χ2v) is 6.95. The maximum absolute atomic E-state index is 13.2. The van der Waals surface area contributed by atoms with Crippen LogP contribution in [0.2, 0.25) is 0 Å². The van der Waals surface area contributed by atoms with Gasteiger partial charge in [-0.1, -0.05) is 24.3 Å². The highest BCUT2D eigenvalue weighted by Gasteiger charge is 2.41. The number of hydrogen-bond donors (Lipinski definition) is 1. The number of hydrogen-bond acceptors (Lipinski definition) is 5. The molecule has 7 heteroatoms. The second-order valence-electron chi connectivity index (χ2n) is 6.57. The van der Waals surface area contributed by atoms with Gasteiger partial charge in [-0.2, -0.15) is 0 Å². The number of Topliss-reactive ketones (excluding diaryl/α,β-unsaturated/α-hetero) is 1. The lowest BCUT2D eigenvalue weighted by Crippen LogP contribution is -2.44. The number of fused-ring (bicyclic) bond motifs is 2. The Hall–Kier alpha value is -3.06.